The van der Waals surface area contributed by atoms with E-state index in [0.29, 0.717) is 54.6 Å². The van der Waals surface area contributed by atoms with Gasteiger partial charge in [0.25, 0.3) is 0 Å². The number of hydrogen-bond donors (Lipinski definition) is 0. The summed E-state index contributed by atoms with van der Waals surface area (Å²) >= 11 is 1.32. The zero-order valence-electron chi connectivity index (χ0n) is 11.3. The maximum absolute atomic E-state index is 14.6. The van der Waals surface area contributed by atoms with E-state index in [1.54, 1.807) is 0 Å². The third-order valence-corrected chi connectivity index (χ3v) is 5.08. The minimum atomic E-state index is -0.178. The van der Waals surface area contributed by atoms with Crippen molar-refractivity contribution in [1.29, 1.82) is 0 Å². The molecule has 0 radical (unpaired) electrons. The number of halogens is 1. The number of ketones is 1. The highest BCUT2D eigenvalue weighted by atomic mass is 32.1. The van der Waals surface area contributed by atoms with Gasteiger partial charge >= 0.3 is 0 Å². The van der Waals surface area contributed by atoms with Crippen molar-refractivity contribution in [3.8, 4) is 0 Å². The molecule has 0 amide bonds. The predicted octanol–water partition coefficient (Wildman–Crippen LogP) is 2.88. The van der Waals surface area contributed by atoms with Gasteiger partial charge < -0.3 is 9.64 Å². The highest BCUT2D eigenvalue weighted by molar-refractivity contribution is 7.18. The molecule has 104 valence electrons. The number of rotatable bonds is 1. The zero-order valence-corrected chi connectivity index (χ0v) is 12.1. The standard InChI is InChI=1S/C14H18FNO2S/c1-14(2)7-9-11(15)13(16-3-5-18-6-4-16)19-12(9)10(17)8-14/h3-8H2,1-2H3. The third-order valence-electron chi connectivity index (χ3n) is 3.77. The van der Waals surface area contributed by atoms with E-state index >= 15 is 0 Å². The minimum Gasteiger partial charge on any atom is -0.378 e. The molecule has 0 bridgehead atoms. The number of morpholine rings is 1. The van der Waals surface area contributed by atoms with E-state index in [1.807, 2.05) is 18.7 Å². The average molecular weight is 283 g/mol. The van der Waals surface area contributed by atoms with Crippen molar-refractivity contribution in [3.63, 3.8) is 0 Å². The first-order valence-corrected chi connectivity index (χ1v) is 7.47. The van der Waals surface area contributed by atoms with E-state index < -0.39 is 0 Å². The molecule has 1 aromatic rings. The van der Waals surface area contributed by atoms with Gasteiger partial charge in [0.05, 0.1) is 18.1 Å². The number of Topliss-reactive ketones (excluding diaryl/α,β-unsaturated/α-hetero) is 1. The van der Waals surface area contributed by atoms with Gasteiger partial charge in [-0.1, -0.05) is 13.8 Å². The number of carbonyl (C=O) groups is 1. The lowest BCUT2D eigenvalue weighted by atomic mass is 9.76. The second-order valence-electron chi connectivity index (χ2n) is 6.07. The van der Waals surface area contributed by atoms with Crippen molar-refractivity contribution in [3.05, 3.63) is 16.3 Å². The van der Waals surface area contributed by atoms with Crippen molar-refractivity contribution in [2.24, 2.45) is 5.41 Å². The lowest BCUT2D eigenvalue weighted by Gasteiger charge is -2.28. The first kappa shape index (κ1) is 13.1. The number of carbonyl (C=O) groups excluding carboxylic acids is 1. The van der Waals surface area contributed by atoms with Crippen molar-refractivity contribution in [2.75, 3.05) is 31.2 Å². The van der Waals surface area contributed by atoms with Crippen molar-refractivity contribution in [1.82, 2.24) is 0 Å². The first-order valence-electron chi connectivity index (χ1n) is 6.65. The van der Waals surface area contributed by atoms with E-state index in [-0.39, 0.29) is 17.0 Å². The quantitative estimate of drug-likeness (QED) is 0.793. The Kier molecular flexibility index (Phi) is 3.14. The minimum absolute atomic E-state index is 0.0923. The van der Waals surface area contributed by atoms with Crippen molar-refractivity contribution < 1.29 is 13.9 Å². The van der Waals surface area contributed by atoms with Crippen LogP contribution < -0.4 is 4.90 Å². The molecule has 0 spiro atoms. The van der Waals surface area contributed by atoms with E-state index in [9.17, 15) is 9.18 Å². The lowest BCUT2D eigenvalue weighted by Crippen LogP contribution is -2.36. The molecule has 19 heavy (non-hydrogen) atoms. The van der Waals surface area contributed by atoms with Crippen LogP contribution in [0.2, 0.25) is 0 Å². The van der Waals surface area contributed by atoms with Gasteiger partial charge in [0, 0.05) is 25.1 Å². The fourth-order valence-electron chi connectivity index (χ4n) is 2.84. The normalized spacial score (nSPS) is 22.5. The zero-order chi connectivity index (χ0) is 13.6. The molecule has 0 aromatic carbocycles. The van der Waals surface area contributed by atoms with Crippen molar-refractivity contribution >= 4 is 22.1 Å². The average Bonchev–Trinajstić information content (AvgIpc) is 2.67. The van der Waals surface area contributed by atoms with Crippen molar-refractivity contribution in [2.45, 2.75) is 26.7 Å². The van der Waals surface area contributed by atoms with Gasteiger partial charge in [0.15, 0.2) is 11.6 Å². The van der Waals surface area contributed by atoms with Gasteiger partial charge in [-0.3, -0.25) is 4.79 Å². The Bertz CT molecular complexity index is 518. The fourth-order valence-corrected chi connectivity index (χ4v) is 4.03. The van der Waals surface area contributed by atoms with Gasteiger partial charge in [-0.05, 0) is 11.8 Å². The molecule has 1 aliphatic heterocycles. The van der Waals surface area contributed by atoms with E-state index in [1.165, 1.54) is 11.3 Å². The first-order chi connectivity index (χ1) is 8.98. The van der Waals surface area contributed by atoms with Gasteiger partial charge in [-0.15, -0.1) is 11.3 Å². The summed E-state index contributed by atoms with van der Waals surface area (Å²) in [4.78, 5) is 14.8. The maximum atomic E-state index is 14.6. The van der Waals surface area contributed by atoms with Crippen LogP contribution >= 0.6 is 11.3 Å². The summed E-state index contributed by atoms with van der Waals surface area (Å²) in [5.41, 5.74) is 0.501. The molecule has 5 heteroatoms. The van der Waals surface area contributed by atoms with Crippen LogP contribution in [0.3, 0.4) is 0 Å². The number of nitrogens with zero attached hydrogens (tertiary/aromatic N) is 1. The van der Waals surface area contributed by atoms with E-state index in [2.05, 4.69) is 0 Å². The summed E-state index contributed by atoms with van der Waals surface area (Å²) in [7, 11) is 0. The Hall–Kier alpha value is -0.940. The molecule has 2 aliphatic rings. The van der Waals surface area contributed by atoms with Gasteiger partial charge in [0.2, 0.25) is 0 Å². The summed E-state index contributed by atoms with van der Waals surface area (Å²) < 4.78 is 19.9. The molecule has 3 rings (SSSR count). The van der Waals surface area contributed by atoms with Gasteiger partial charge in [-0.2, -0.15) is 0 Å². The topological polar surface area (TPSA) is 29.5 Å². The van der Waals surface area contributed by atoms with Crippen LogP contribution in [-0.4, -0.2) is 32.1 Å². The molecule has 1 fully saturated rings. The summed E-state index contributed by atoms with van der Waals surface area (Å²) in [6.07, 6.45) is 1.17. The molecule has 0 N–H and O–H groups in total. The second kappa shape index (κ2) is 4.56. The molecule has 0 unspecified atom stereocenters. The van der Waals surface area contributed by atoms with E-state index in [4.69, 9.17) is 4.74 Å². The maximum Gasteiger partial charge on any atom is 0.173 e. The van der Waals surface area contributed by atoms with Crippen LogP contribution in [0.4, 0.5) is 9.39 Å². The highest BCUT2D eigenvalue weighted by Crippen LogP contribution is 2.44. The predicted molar refractivity (Wildman–Crippen MR) is 73.7 cm³/mol. The Balaban J connectivity index is 1.99. The Morgan fingerprint density at radius 2 is 1.95 bits per heavy atom. The molecular formula is C14H18FNO2S. The SMILES string of the molecule is CC1(C)CC(=O)c2sc(N3CCOCC3)c(F)c2C1. The third kappa shape index (κ3) is 2.30. The van der Waals surface area contributed by atoms with Crippen LogP contribution in [0.25, 0.3) is 0 Å². The monoisotopic (exact) mass is 283 g/mol. The fraction of sp³-hybridized carbons (Fsp3) is 0.643. The highest BCUT2D eigenvalue weighted by Gasteiger charge is 2.36. The molecule has 2 heterocycles. The number of hydrogen-bond acceptors (Lipinski definition) is 4. The summed E-state index contributed by atoms with van der Waals surface area (Å²) in [5.74, 6) is -0.0855. The molecule has 1 aliphatic carbocycles. The number of ether oxygens (including phenoxy) is 1. The molecule has 3 nitrogen and oxygen atoms in total. The van der Waals surface area contributed by atoms with Gasteiger partial charge in [-0.25, -0.2) is 4.39 Å². The largest absolute Gasteiger partial charge is 0.378 e. The molecule has 0 saturated carbocycles. The van der Waals surface area contributed by atoms with Crippen LogP contribution in [0.15, 0.2) is 0 Å². The Morgan fingerprint density at radius 3 is 2.63 bits per heavy atom. The Morgan fingerprint density at radius 1 is 1.26 bits per heavy atom. The number of anilines is 1. The van der Waals surface area contributed by atoms with E-state index in [0.717, 1.165) is 0 Å². The number of fused-ring (bicyclic) bond motifs is 1. The number of thiophene rings is 1. The summed E-state index contributed by atoms with van der Waals surface area (Å²) in [6.45, 7) is 6.71. The second-order valence-corrected chi connectivity index (χ2v) is 7.07. The van der Waals surface area contributed by atoms with Crippen LogP contribution in [-0.2, 0) is 11.2 Å². The van der Waals surface area contributed by atoms with Crippen LogP contribution in [0, 0.1) is 11.2 Å². The smallest absolute Gasteiger partial charge is 0.173 e. The summed E-state index contributed by atoms with van der Waals surface area (Å²) in [6, 6.07) is 0. The molecule has 0 atom stereocenters. The molecular weight excluding hydrogens is 265 g/mol. The Labute approximate surface area is 116 Å². The summed E-state index contributed by atoms with van der Waals surface area (Å²) in [5, 5.41) is 0.624. The lowest BCUT2D eigenvalue weighted by molar-refractivity contribution is 0.0916. The molecule has 1 aromatic heterocycles. The van der Waals surface area contributed by atoms with Crippen LogP contribution in [0.1, 0.15) is 35.5 Å². The van der Waals surface area contributed by atoms with Gasteiger partial charge in [0.1, 0.15) is 5.00 Å². The van der Waals surface area contributed by atoms with Crippen LogP contribution in [0.5, 0.6) is 0 Å². The molecule has 1 saturated heterocycles.